The highest BCUT2D eigenvalue weighted by atomic mass is 16.5. The fourth-order valence-electron chi connectivity index (χ4n) is 5.74. The molecule has 1 aromatic heterocycles. The number of H-pyrrole nitrogens is 1. The SMILES string of the molecule is Cc1ccc(CN2C[C@]34C=C[C@H](O3)[C@@H](C(=O)N3CCc5[nH]ncc5C3)[C@@H]4C2=O)cc1C. The summed E-state index contributed by atoms with van der Waals surface area (Å²) in [5.41, 5.74) is 5.06. The molecule has 2 amide bonds. The van der Waals surface area contributed by atoms with Crippen LogP contribution in [0.5, 0.6) is 0 Å². The molecule has 1 spiro atoms. The van der Waals surface area contributed by atoms with Crippen LogP contribution in [0.25, 0.3) is 0 Å². The highest BCUT2D eigenvalue weighted by Gasteiger charge is 2.67. The number of fused-ring (bicyclic) bond motifs is 2. The Morgan fingerprint density at radius 3 is 3.03 bits per heavy atom. The second-order valence-electron chi connectivity index (χ2n) is 9.40. The van der Waals surface area contributed by atoms with E-state index in [0.29, 0.717) is 26.2 Å². The quantitative estimate of drug-likeness (QED) is 0.773. The molecule has 7 heteroatoms. The average Bonchev–Trinajstić information content (AvgIpc) is 3.51. The van der Waals surface area contributed by atoms with Crippen LogP contribution in [0.2, 0.25) is 0 Å². The van der Waals surface area contributed by atoms with E-state index < -0.39 is 17.4 Å². The lowest BCUT2D eigenvalue weighted by molar-refractivity contribution is -0.144. The van der Waals surface area contributed by atoms with E-state index in [1.54, 1.807) is 6.20 Å². The van der Waals surface area contributed by atoms with Gasteiger partial charge in [0.1, 0.15) is 5.60 Å². The molecular formula is C24H26N4O3. The van der Waals surface area contributed by atoms with Crippen LogP contribution in [0.1, 0.15) is 27.9 Å². The zero-order chi connectivity index (χ0) is 21.3. The summed E-state index contributed by atoms with van der Waals surface area (Å²) in [6.45, 7) is 6.41. The number of amides is 2. The van der Waals surface area contributed by atoms with Gasteiger partial charge < -0.3 is 14.5 Å². The van der Waals surface area contributed by atoms with Gasteiger partial charge in [-0.1, -0.05) is 30.4 Å². The number of carbonyl (C=O) groups is 2. The van der Waals surface area contributed by atoms with E-state index >= 15 is 0 Å². The summed E-state index contributed by atoms with van der Waals surface area (Å²) >= 11 is 0. The van der Waals surface area contributed by atoms with E-state index in [1.165, 1.54) is 11.1 Å². The largest absolute Gasteiger partial charge is 0.360 e. The van der Waals surface area contributed by atoms with Crippen molar-refractivity contribution in [3.05, 3.63) is 64.5 Å². The van der Waals surface area contributed by atoms with Gasteiger partial charge in [-0.2, -0.15) is 5.10 Å². The molecule has 1 aromatic carbocycles. The normalized spacial score (nSPS) is 30.8. The van der Waals surface area contributed by atoms with Gasteiger partial charge in [-0.3, -0.25) is 14.7 Å². The highest BCUT2D eigenvalue weighted by Crippen LogP contribution is 2.52. The first-order valence-electron chi connectivity index (χ1n) is 11.0. The van der Waals surface area contributed by atoms with E-state index in [1.807, 2.05) is 22.0 Å². The Kier molecular flexibility index (Phi) is 3.96. The zero-order valence-corrected chi connectivity index (χ0v) is 17.8. The molecule has 0 radical (unpaired) electrons. The van der Waals surface area contributed by atoms with Crippen molar-refractivity contribution in [1.82, 2.24) is 20.0 Å². The number of hydrogen-bond acceptors (Lipinski definition) is 4. The zero-order valence-electron chi connectivity index (χ0n) is 17.8. The summed E-state index contributed by atoms with van der Waals surface area (Å²) < 4.78 is 6.30. The number of aromatic amines is 1. The third-order valence-electron chi connectivity index (χ3n) is 7.52. The summed E-state index contributed by atoms with van der Waals surface area (Å²) in [5.74, 6) is -0.832. The first kappa shape index (κ1) is 18.8. The maximum absolute atomic E-state index is 13.6. The molecule has 5 heterocycles. The second-order valence-corrected chi connectivity index (χ2v) is 9.40. The molecule has 4 aliphatic heterocycles. The molecular weight excluding hydrogens is 392 g/mol. The Morgan fingerprint density at radius 2 is 2.19 bits per heavy atom. The number of likely N-dealkylation sites (tertiary alicyclic amines) is 1. The van der Waals surface area contributed by atoms with Crippen molar-refractivity contribution in [3.8, 4) is 0 Å². The molecule has 2 fully saturated rings. The van der Waals surface area contributed by atoms with Gasteiger partial charge in [0.05, 0.1) is 30.7 Å². The number of hydrogen-bond donors (Lipinski definition) is 1. The topological polar surface area (TPSA) is 78.5 Å². The number of aryl methyl sites for hydroxylation is 2. The van der Waals surface area contributed by atoms with Crippen LogP contribution in [0.3, 0.4) is 0 Å². The first-order valence-corrected chi connectivity index (χ1v) is 11.0. The van der Waals surface area contributed by atoms with Crippen molar-refractivity contribution < 1.29 is 14.3 Å². The molecule has 1 N–H and O–H groups in total. The van der Waals surface area contributed by atoms with Crippen molar-refractivity contribution in [3.63, 3.8) is 0 Å². The minimum absolute atomic E-state index is 0.0226. The lowest BCUT2D eigenvalue weighted by Crippen LogP contribution is -2.47. The molecule has 0 unspecified atom stereocenters. The summed E-state index contributed by atoms with van der Waals surface area (Å²) in [7, 11) is 0. The number of carbonyl (C=O) groups excluding carboxylic acids is 2. The number of aromatic nitrogens is 2. The van der Waals surface area contributed by atoms with Crippen molar-refractivity contribution in [2.75, 3.05) is 13.1 Å². The van der Waals surface area contributed by atoms with Gasteiger partial charge in [0.25, 0.3) is 0 Å². The lowest BCUT2D eigenvalue weighted by atomic mass is 9.76. The molecule has 6 rings (SSSR count). The number of benzene rings is 1. The van der Waals surface area contributed by atoms with Crippen molar-refractivity contribution in [2.45, 2.75) is 45.1 Å². The van der Waals surface area contributed by atoms with Crippen LogP contribution in [0, 0.1) is 25.7 Å². The molecule has 2 bridgehead atoms. The maximum atomic E-state index is 13.6. The van der Waals surface area contributed by atoms with Crippen molar-refractivity contribution >= 4 is 11.8 Å². The number of ether oxygens (including phenoxy) is 1. The van der Waals surface area contributed by atoms with Crippen LogP contribution in [-0.4, -0.2) is 56.6 Å². The summed E-state index contributed by atoms with van der Waals surface area (Å²) in [6, 6.07) is 6.31. The van der Waals surface area contributed by atoms with E-state index in [-0.39, 0.29) is 17.9 Å². The highest BCUT2D eigenvalue weighted by molar-refractivity contribution is 5.93. The Labute approximate surface area is 181 Å². The van der Waals surface area contributed by atoms with Gasteiger partial charge in [0, 0.05) is 37.3 Å². The molecule has 2 aromatic rings. The van der Waals surface area contributed by atoms with E-state index in [2.05, 4.69) is 42.2 Å². The standard InChI is InChI=1S/C24H26N4O3/c1-14-3-4-16(9-15(14)2)11-28-13-24-7-5-19(31-24)20(21(24)23(28)30)22(29)27-8-6-18-17(12-27)10-25-26-18/h3-5,7,9-10,19-21H,6,8,11-13H2,1-2H3,(H,25,26)/t19-,20+,21+,24-/m0/s1. The smallest absolute Gasteiger partial charge is 0.230 e. The monoisotopic (exact) mass is 418 g/mol. The molecule has 160 valence electrons. The number of nitrogens with zero attached hydrogens (tertiary/aromatic N) is 3. The van der Waals surface area contributed by atoms with Crippen LogP contribution in [-0.2, 0) is 33.8 Å². The third kappa shape index (κ3) is 2.72. The fourth-order valence-corrected chi connectivity index (χ4v) is 5.74. The summed E-state index contributed by atoms with van der Waals surface area (Å²) in [5, 5.41) is 7.11. The fraction of sp³-hybridized carbons (Fsp3) is 0.458. The van der Waals surface area contributed by atoms with Gasteiger partial charge in [-0.15, -0.1) is 0 Å². The van der Waals surface area contributed by atoms with Crippen LogP contribution in [0.4, 0.5) is 0 Å². The van der Waals surface area contributed by atoms with Crippen LogP contribution in [0.15, 0.2) is 36.5 Å². The van der Waals surface area contributed by atoms with Gasteiger partial charge in [-0.25, -0.2) is 0 Å². The Balaban J connectivity index is 1.25. The molecule has 4 aliphatic rings. The minimum atomic E-state index is -0.668. The first-order chi connectivity index (χ1) is 14.9. The third-order valence-corrected chi connectivity index (χ3v) is 7.52. The van der Waals surface area contributed by atoms with Crippen LogP contribution < -0.4 is 0 Å². The van der Waals surface area contributed by atoms with Gasteiger partial charge in [0.15, 0.2) is 0 Å². The minimum Gasteiger partial charge on any atom is -0.360 e. The molecule has 0 saturated carbocycles. The lowest BCUT2D eigenvalue weighted by Gasteiger charge is -2.32. The number of nitrogens with one attached hydrogen (secondary N) is 1. The predicted octanol–water partition coefficient (Wildman–Crippen LogP) is 1.89. The van der Waals surface area contributed by atoms with E-state index in [9.17, 15) is 9.59 Å². The molecule has 4 atom stereocenters. The van der Waals surface area contributed by atoms with Gasteiger partial charge in [0.2, 0.25) is 11.8 Å². The predicted molar refractivity (Wildman–Crippen MR) is 113 cm³/mol. The van der Waals surface area contributed by atoms with Crippen molar-refractivity contribution in [2.24, 2.45) is 11.8 Å². The Hall–Kier alpha value is -2.93. The van der Waals surface area contributed by atoms with Gasteiger partial charge in [-0.05, 0) is 30.5 Å². The van der Waals surface area contributed by atoms with Gasteiger partial charge >= 0.3 is 0 Å². The Bertz CT molecular complexity index is 1120. The molecule has 7 nitrogen and oxygen atoms in total. The average molecular weight is 418 g/mol. The molecule has 2 saturated heterocycles. The van der Waals surface area contributed by atoms with Crippen molar-refractivity contribution in [1.29, 1.82) is 0 Å². The summed E-state index contributed by atoms with van der Waals surface area (Å²) in [4.78, 5) is 30.8. The van der Waals surface area contributed by atoms with E-state index in [4.69, 9.17) is 4.74 Å². The Morgan fingerprint density at radius 1 is 1.32 bits per heavy atom. The maximum Gasteiger partial charge on any atom is 0.230 e. The number of rotatable bonds is 3. The van der Waals surface area contributed by atoms with E-state index in [0.717, 1.165) is 23.2 Å². The molecule has 31 heavy (non-hydrogen) atoms. The molecule has 0 aliphatic carbocycles. The van der Waals surface area contributed by atoms with Crippen LogP contribution >= 0.6 is 0 Å². The summed E-state index contributed by atoms with van der Waals surface area (Å²) in [6.07, 6.45) is 6.25. The second kappa shape index (κ2) is 6.53.